The van der Waals surface area contributed by atoms with Crippen LogP contribution in [0, 0.1) is 5.41 Å². The molecule has 2 N–H and O–H groups in total. The first-order valence-electron chi connectivity index (χ1n) is 10.8. The lowest BCUT2D eigenvalue weighted by molar-refractivity contribution is -0.146. The maximum Gasteiger partial charge on any atom is 0.337 e. The Morgan fingerprint density at radius 3 is 2.47 bits per heavy atom. The van der Waals surface area contributed by atoms with Gasteiger partial charge in [-0.15, -0.1) is 0 Å². The number of nitrogens with one attached hydrogen (secondary N) is 1. The lowest BCUT2D eigenvalue weighted by atomic mass is 9.84. The number of esters is 1. The molecule has 0 aliphatic carbocycles. The highest BCUT2D eigenvalue weighted by Crippen LogP contribution is 2.39. The largest absolute Gasteiger partial charge is 0.496 e. The average Bonchev–Trinajstić information content (AvgIpc) is 3.19. The molecule has 1 unspecified atom stereocenters. The third kappa shape index (κ3) is 4.64. The van der Waals surface area contributed by atoms with Crippen molar-refractivity contribution in [2.75, 3.05) is 14.2 Å². The minimum Gasteiger partial charge on any atom is -0.496 e. The molecule has 0 amide bonds. The number of hydrogen-bond donors (Lipinski definition) is 2. The van der Waals surface area contributed by atoms with Gasteiger partial charge < -0.3 is 19.6 Å². The van der Waals surface area contributed by atoms with Gasteiger partial charge in [-0.1, -0.05) is 25.5 Å². The third-order valence-corrected chi connectivity index (χ3v) is 5.99. The van der Waals surface area contributed by atoms with Crippen LogP contribution in [0.5, 0.6) is 5.75 Å². The minimum absolute atomic E-state index is 0.0538. The third-order valence-electron chi connectivity index (χ3n) is 5.99. The average molecular weight is 438 g/mol. The van der Waals surface area contributed by atoms with Crippen molar-refractivity contribution in [1.82, 2.24) is 4.98 Å². The van der Waals surface area contributed by atoms with E-state index in [1.54, 1.807) is 33.1 Å². The number of carboxylic acids is 1. The monoisotopic (exact) mass is 437 g/mol. The molecule has 1 atom stereocenters. The zero-order valence-electron chi connectivity index (χ0n) is 19.3. The Kier molecular flexibility index (Phi) is 6.92. The molecular formula is C26H31NO5. The number of H-pyrrole nitrogens is 1. The number of carbonyl (C=O) groups is 2. The van der Waals surface area contributed by atoms with Crippen molar-refractivity contribution < 1.29 is 24.2 Å². The quantitative estimate of drug-likeness (QED) is 0.429. The van der Waals surface area contributed by atoms with Gasteiger partial charge in [-0.2, -0.15) is 0 Å². The molecule has 0 aliphatic rings. The van der Waals surface area contributed by atoms with Gasteiger partial charge in [-0.25, -0.2) is 4.79 Å². The Bertz CT molecular complexity index is 1130. The molecule has 2 aromatic carbocycles. The number of methoxy groups -OCH3 is 2. The molecule has 0 fully saturated rings. The van der Waals surface area contributed by atoms with E-state index < -0.39 is 17.4 Å². The maximum atomic E-state index is 12.0. The van der Waals surface area contributed by atoms with Crippen molar-refractivity contribution in [2.45, 2.75) is 46.0 Å². The van der Waals surface area contributed by atoms with Gasteiger partial charge in [-0.3, -0.25) is 4.79 Å². The summed E-state index contributed by atoms with van der Waals surface area (Å²) in [6, 6.07) is 11.5. The molecule has 3 rings (SSSR count). The summed E-state index contributed by atoms with van der Waals surface area (Å²) < 4.78 is 10.5. The summed E-state index contributed by atoms with van der Waals surface area (Å²) in [6.07, 6.45) is 4.32. The molecule has 170 valence electrons. The molecule has 6 heteroatoms. The normalized spacial score (nSPS) is 12.5. The fourth-order valence-corrected chi connectivity index (χ4v) is 4.18. The molecule has 0 aliphatic heterocycles. The second-order valence-corrected chi connectivity index (χ2v) is 8.78. The Labute approximate surface area is 188 Å². The van der Waals surface area contributed by atoms with Crippen LogP contribution >= 0.6 is 0 Å². The van der Waals surface area contributed by atoms with Crippen LogP contribution in [0.15, 0.2) is 42.6 Å². The molecule has 1 aromatic heterocycles. The fraction of sp³-hybridized carbons (Fsp3) is 0.385. The van der Waals surface area contributed by atoms with Crippen LogP contribution in [-0.4, -0.2) is 36.2 Å². The lowest BCUT2D eigenvalue weighted by Gasteiger charge is -2.21. The van der Waals surface area contributed by atoms with Crippen LogP contribution in [0.3, 0.4) is 0 Å². The molecule has 3 aromatic rings. The number of aromatic amines is 1. The van der Waals surface area contributed by atoms with E-state index in [2.05, 4.69) is 18.0 Å². The standard InChI is InChI=1S/C26H31NO5/c1-6-7-18(19-10-9-17(24(28)32-5)13-23(19)31-4)21-15-27-22-11-8-16(12-20(21)22)14-26(2,3)25(29)30/h8-13,15,18,27H,6-7,14H2,1-5H3,(H,29,30). The second kappa shape index (κ2) is 9.47. The van der Waals surface area contributed by atoms with E-state index in [4.69, 9.17) is 9.47 Å². The van der Waals surface area contributed by atoms with E-state index in [0.29, 0.717) is 17.7 Å². The van der Waals surface area contributed by atoms with E-state index in [9.17, 15) is 14.7 Å². The number of ether oxygens (including phenoxy) is 2. The summed E-state index contributed by atoms with van der Waals surface area (Å²) in [5, 5.41) is 10.6. The fourth-order valence-electron chi connectivity index (χ4n) is 4.18. The number of rotatable bonds is 9. The Balaban J connectivity index is 2.08. The first-order chi connectivity index (χ1) is 15.2. The van der Waals surface area contributed by atoms with Gasteiger partial charge in [0.05, 0.1) is 25.2 Å². The van der Waals surface area contributed by atoms with Gasteiger partial charge in [0.2, 0.25) is 0 Å². The van der Waals surface area contributed by atoms with Gasteiger partial charge >= 0.3 is 11.9 Å². The molecule has 0 saturated heterocycles. The molecule has 0 radical (unpaired) electrons. The zero-order chi connectivity index (χ0) is 23.5. The number of benzene rings is 2. The zero-order valence-corrected chi connectivity index (χ0v) is 19.3. The molecule has 0 spiro atoms. The highest BCUT2D eigenvalue weighted by Gasteiger charge is 2.28. The molecule has 0 bridgehead atoms. The van der Waals surface area contributed by atoms with Crippen molar-refractivity contribution in [1.29, 1.82) is 0 Å². The lowest BCUT2D eigenvalue weighted by Crippen LogP contribution is -2.26. The van der Waals surface area contributed by atoms with Crippen LogP contribution in [0.4, 0.5) is 0 Å². The van der Waals surface area contributed by atoms with E-state index in [-0.39, 0.29) is 5.92 Å². The smallest absolute Gasteiger partial charge is 0.337 e. The van der Waals surface area contributed by atoms with E-state index in [1.165, 1.54) is 7.11 Å². The Morgan fingerprint density at radius 1 is 1.09 bits per heavy atom. The topological polar surface area (TPSA) is 88.6 Å². The SMILES string of the molecule is CCCC(c1ccc(C(=O)OC)cc1OC)c1c[nH]c2ccc(CC(C)(C)C(=O)O)cc12. The van der Waals surface area contributed by atoms with Gasteiger partial charge in [0, 0.05) is 28.6 Å². The highest BCUT2D eigenvalue weighted by atomic mass is 16.5. The Morgan fingerprint density at radius 2 is 1.84 bits per heavy atom. The van der Waals surface area contributed by atoms with Gasteiger partial charge in [0.25, 0.3) is 0 Å². The highest BCUT2D eigenvalue weighted by molar-refractivity contribution is 5.90. The van der Waals surface area contributed by atoms with Crippen molar-refractivity contribution in [3.05, 3.63) is 64.8 Å². The first kappa shape index (κ1) is 23.4. The second-order valence-electron chi connectivity index (χ2n) is 8.78. The molecule has 0 saturated carbocycles. The van der Waals surface area contributed by atoms with E-state index >= 15 is 0 Å². The number of aliphatic carboxylic acids is 1. The first-order valence-corrected chi connectivity index (χ1v) is 10.8. The van der Waals surface area contributed by atoms with Gasteiger partial charge in [0.15, 0.2) is 0 Å². The van der Waals surface area contributed by atoms with E-state index in [1.807, 2.05) is 24.4 Å². The molecule has 1 heterocycles. The Hall–Kier alpha value is -3.28. The van der Waals surface area contributed by atoms with Crippen LogP contribution in [0.2, 0.25) is 0 Å². The van der Waals surface area contributed by atoms with E-state index in [0.717, 1.165) is 40.4 Å². The summed E-state index contributed by atoms with van der Waals surface area (Å²) >= 11 is 0. The van der Waals surface area contributed by atoms with Crippen LogP contribution in [0.1, 0.15) is 66.6 Å². The maximum absolute atomic E-state index is 12.0. The minimum atomic E-state index is -0.847. The van der Waals surface area contributed by atoms with Crippen molar-refractivity contribution in [2.24, 2.45) is 5.41 Å². The number of fused-ring (bicyclic) bond motifs is 1. The molecule has 32 heavy (non-hydrogen) atoms. The number of hydrogen-bond acceptors (Lipinski definition) is 4. The number of carbonyl (C=O) groups excluding carboxylic acids is 1. The summed E-state index contributed by atoms with van der Waals surface area (Å²) in [4.78, 5) is 26.9. The summed E-state index contributed by atoms with van der Waals surface area (Å²) in [7, 11) is 2.96. The molecule has 6 nitrogen and oxygen atoms in total. The van der Waals surface area contributed by atoms with Crippen LogP contribution < -0.4 is 4.74 Å². The van der Waals surface area contributed by atoms with Crippen molar-refractivity contribution >= 4 is 22.8 Å². The van der Waals surface area contributed by atoms with Crippen LogP contribution in [0.25, 0.3) is 10.9 Å². The van der Waals surface area contributed by atoms with Gasteiger partial charge in [-0.05, 0) is 62.1 Å². The molecular weight excluding hydrogens is 406 g/mol. The summed E-state index contributed by atoms with van der Waals surface area (Å²) in [5.74, 6) is -0.521. The number of carboxylic acid groups (broad SMARTS) is 1. The van der Waals surface area contributed by atoms with Crippen molar-refractivity contribution in [3.63, 3.8) is 0 Å². The predicted octanol–water partition coefficient (Wildman–Crippen LogP) is 5.55. The van der Waals surface area contributed by atoms with Crippen LogP contribution in [-0.2, 0) is 16.0 Å². The van der Waals surface area contributed by atoms with Crippen molar-refractivity contribution in [3.8, 4) is 5.75 Å². The predicted molar refractivity (Wildman–Crippen MR) is 125 cm³/mol. The summed E-state index contributed by atoms with van der Waals surface area (Å²) in [6.45, 7) is 5.62. The van der Waals surface area contributed by atoms with Gasteiger partial charge in [0.1, 0.15) is 5.75 Å². The number of aromatic nitrogens is 1. The summed E-state index contributed by atoms with van der Waals surface area (Å²) in [5.41, 5.74) is 3.71.